The standard InChI is InChI=1S/C21H28N6O/c28-21(15-4-1-2-5-15)24-17-12-23-26-19(17)16-6-3-11-27(13-16)18-9-10-22-20(25-18)14-7-8-14/h9-10,12,14-16H,1-8,11,13H2,(H,23,26)(H,24,28). The number of amides is 1. The number of aromatic amines is 1. The lowest BCUT2D eigenvalue weighted by molar-refractivity contribution is -0.119. The first-order chi connectivity index (χ1) is 13.8. The third-order valence-corrected chi connectivity index (χ3v) is 6.41. The summed E-state index contributed by atoms with van der Waals surface area (Å²) in [6, 6.07) is 2.02. The lowest BCUT2D eigenvalue weighted by Crippen LogP contribution is -2.35. The van der Waals surface area contributed by atoms with Crippen LogP contribution in [0.2, 0.25) is 0 Å². The quantitative estimate of drug-likeness (QED) is 0.828. The Hall–Kier alpha value is -2.44. The minimum atomic E-state index is 0.151. The molecule has 1 atom stereocenters. The van der Waals surface area contributed by atoms with Crippen molar-refractivity contribution in [2.24, 2.45) is 5.92 Å². The van der Waals surface area contributed by atoms with Gasteiger partial charge in [0.25, 0.3) is 0 Å². The Balaban J connectivity index is 1.29. The van der Waals surface area contributed by atoms with Gasteiger partial charge in [0.15, 0.2) is 0 Å². The molecule has 1 saturated heterocycles. The molecule has 7 heteroatoms. The van der Waals surface area contributed by atoms with Crippen LogP contribution in [0.3, 0.4) is 0 Å². The molecule has 1 unspecified atom stereocenters. The van der Waals surface area contributed by atoms with E-state index in [9.17, 15) is 4.79 Å². The second kappa shape index (κ2) is 7.53. The first-order valence-corrected chi connectivity index (χ1v) is 10.7. The van der Waals surface area contributed by atoms with Gasteiger partial charge in [-0.2, -0.15) is 5.10 Å². The minimum absolute atomic E-state index is 0.151. The van der Waals surface area contributed by atoms with Gasteiger partial charge in [-0.1, -0.05) is 12.8 Å². The molecule has 0 radical (unpaired) electrons. The van der Waals surface area contributed by atoms with Crippen LogP contribution < -0.4 is 10.2 Å². The summed E-state index contributed by atoms with van der Waals surface area (Å²) in [6.45, 7) is 1.89. The summed E-state index contributed by atoms with van der Waals surface area (Å²) >= 11 is 0. The SMILES string of the molecule is O=C(Nc1cn[nH]c1C1CCCN(c2ccnc(C3CC3)n2)C1)C1CCCC1. The van der Waals surface area contributed by atoms with E-state index in [0.717, 1.165) is 74.6 Å². The highest BCUT2D eigenvalue weighted by atomic mass is 16.1. The highest BCUT2D eigenvalue weighted by Gasteiger charge is 2.30. The van der Waals surface area contributed by atoms with Crippen LogP contribution in [0.5, 0.6) is 0 Å². The fourth-order valence-corrected chi connectivity index (χ4v) is 4.63. The van der Waals surface area contributed by atoms with Gasteiger partial charge in [-0.25, -0.2) is 9.97 Å². The van der Waals surface area contributed by atoms with Gasteiger partial charge in [0.05, 0.1) is 17.6 Å². The van der Waals surface area contributed by atoms with E-state index in [-0.39, 0.29) is 11.8 Å². The number of nitrogens with one attached hydrogen (secondary N) is 2. The molecule has 148 valence electrons. The average Bonchev–Trinajstić information content (AvgIpc) is 3.24. The molecule has 0 aromatic carbocycles. The van der Waals surface area contributed by atoms with Crippen LogP contribution in [0.4, 0.5) is 11.5 Å². The molecule has 0 bridgehead atoms. The maximum Gasteiger partial charge on any atom is 0.227 e. The first-order valence-electron chi connectivity index (χ1n) is 10.7. The molecule has 0 spiro atoms. The Morgan fingerprint density at radius 2 is 1.96 bits per heavy atom. The Bertz CT molecular complexity index is 839. The van der Waals surface area contributed by atoms with Gasteiger partial charge in [-0.05, 0) is 44.6 Å². The number of H-pyrrole nitrogens is 1. The van der Waals surface area contributed by atoms with E-state index >= 15 is 0 Å². The summed E-state index contributed by atoms with van der Waals surface area (Å²) in [5.41, 5.74) is 1.90. The second-order valence-electron chi connectivity index (χ2n) is 8.50. The number of piperidine rings is 1. The Morgan fingerprint density at radius 1 is 1.11 bits per heavy atom. The topological polar surface area (TPSA) is 86.8 Å². The third-order valence-electron chi connectivity index (χ3n) is 6.41. The predicted molar refractivity (Wildman–Crippen MR) is 107 cm³/mol. The fourth-order valence-electron chi connectivity index (χ4n) is 4.63. The molecule has 2 aromatic rings. The molecule has 1 amide bonds. The predicted octanol–water partition coefficient (Wildman–Crippen LogP) is 3.59. The van der Waals surface area contributed by atoms with Crippen molar-refractivity contribution in [3.63, 3.8) is 0 Å². The first kappa shape index (κ1) is 17.6. The molecular formula is C21H28N6O. The fraction of sp³-hybridized carbons (Fsp3) is 0.619. The van der Waals surface area contributed by atoms with Crippen molar-refractivity contribution < 1.29 is 4.79 Å². The van der Waals surface area contributed by atoms with Crippen molar-refractivity contribution in [3.05, 3.63) is 30.0 Å². The third kappa shape index (κ3) is 3.62. The largest absolute Gasteiger partial charge is 0.356 e. The van der Waals surface area contributed by atoms with E-state index in [1.807, 2.05) is 12.3 Å². The van der Waals surface area contributed by atoms with Crippen LogP contribution in [0, 0.1) is 5.92 Å². The average molecular weight is 380 g/mol. The molecule has 1 aliphatic heterocycles. The van der Waals surface area contributed by atoms with Crippen LogP contribution >= 0.6 is 0 Å². The molecule has 2 saturated carbocycles. The zero-order valence-corrected chi connectivity index (χ0v) is 16.2. The van der Waals surface area contributed by atoms with Crippen LogP contribution in [0.25, 0.3) is 0 Å². The normalized spacial score (nSPS) is 23.1. The van der Waals surface area contributed by atoms with Gasteiger partial charge in [0.1, 0.15) is 11.6 Å². The van der Waals surface area contributed by atoms with Crippen molar-refractivity contribution in [2.45, 2.75) is 63.2 Å². The lowest BCUT2D eigenvalue weighted by Gasteiger charge is -2.33. The van der Waals surface area contributed by atoms with Crippen LogP contribution in [-0.4, -0.2) is 39.2 Å². The van der Waals surface area contributed by atoms with Gasteiger partial charge in [0, 0.05) is 37.0 Å². The smallest absolute Gasteiger partial charge is 0.227 e. The van der Waals surface area contributed by atoms with Crippen LogP contribution in [0.1, 0.15) is 74.7 Å². The van der Waals surface area contributed by atoms with Crippen molar-refractivity contribution in [1.29, 1.82) is 0 Å². The highest BCUT2D eigenvalue weighted by Crippen LogP contribution is 2.39. The van der Waals surface area contributed by atoms with E-state index < -0.39 is 0 Å². The summed E-state index contributed by atoms with van der Waals surface area (Å²) in [7, 11) is 0. The summed E-state index contributed by atoms with van der Waals surface area (Å²) in [6.07, 6.45) is 12.6. The highest BCUT2D eigenvalue weighted by molar-refractivity contribution is 5.93. The summed E-state index contributed by atoms with van der Waals surface area (Å²) in [5.74, 6) is 3.20. The van der Waals surface area contributed by atoms with E-state index in [1.54, 1.807) is 6.20 Å². The van der Waals surface area contributed by atoms with Crippen LogP contribution in [-0.2, 0) is 4.79 Å². The molecule has 5 rings (SSSR count). The Morgan fingerprint density at radius 3 is 2.79 bits per heavy atom. The zero-order chi connectivity index (χ0) is 18.9. The molecule has 2 aromatic heterocycles. The van der Waals surface area contributed by atoms with Crippen molar-refractivity contribution >= 4 is 17.4 Å². The van der Waals surface area contributed by atoms with Gasteiger partial charge < -0.3 is 10.2 Å². The molecule has 2 N–H and O–H groups in total. The minimum Gasteiger partial charge on any atom is -0.356 e. The summed E-state index contributed by atoms with van der Waals surface area (Å²) in [5, 5.41) is 10.5. The number of hydrogen-bond donors (Lipinski definition) is 2. The number of anilines is 2. The van der Waals surface area contributed by atoms with E-state index in [2.05, 4.69) is 25.4 Å². The monoisotopic (exact) mass is 380 g/mol. The van der Waals surface area contributed by atoms with Gasteiger partial charge >= 0.3 is 0 Å². The second-order valence-corrected chi connectivity index (χ2v) is 8.50. The van der Waals surface area contributed by atoms with E-state index in [0.29, 0.717) is 11.8 Å². The van der Waals surface area contributed by atoms with Gasteiger partial charge in [-0.15, -0.1) is 0 Å². The van der Waals surface area contributed by atoms with E-state index in [1.165, 1.54) is 12.8 Å². The number of hydrogen-bond acceptors (Lipinski definition) is 5. The van der Waals surface area contributed by atoms with Gasteiger partial charge in [0.2, 0.25) is 5.91 Å². The van der Waals surface area contributed by atoms with Gasteiger partial charge in [-0.3, -0.25) is 9.89 Å². The number of carbonyl (C=O) groups is 1. The van der Waals surface area contributed by atoms with Crippen molar-refractivity contribution in [1.82, 2.24) is 20.2 Å². The molecule has 3 fully saturated rings. The number of rotatable bonds is 5. The Kier molecular flexibility index (Phi) is 4.74. The maximum atomic E-state index is 12.6. The molecular weight excluding hydrogens is 352 g/mol. The molecule has 2 aliphatic carbocycles. The number of aromatic nitrogens is 4. The van der Waals surface area contributed by atoms with E-state index in [4.69, 9.17) is 4.98 Å². The number of nitrogens with zero attached hydrogens (tertiary/aromatic N) is 4. The Labute approximate surface area is 165 Å². The maximum absolute atomic E-state index is 12.6. The molecule has 7 nitrogen and oxygen atoms in total. The molecule has 28 heavy (non-hydrogen) atoms. The summed E-state index contributed by atoms with van der Waals surface area (Å²) < 4.78 is 0. The lowest BCUT2D eigenvalue weighted by atomic mass is 9.94. The van der Waals surface area contributed by atoms with Crippen molar-refractivity contribution in [2.75, 3.05) is 23.3 Å². The van der Waals surface area contributed by atoms with Crippen molar-refractivity contribution in [3.8, 4) is 0 Å². The zero-order valence-electron chi connectivity index (χ0n) is 16.2. The number of carbonyl (C=O) groups excluding carboxylic acids is 1. The summed E-state index contributed by atoms with van der Waals surface area (Å²) in [4.78, 5) is 24.2. The molecule has 3 aliphatic rings. The molecule has 3 heterocycles. The van der Waals surface area contributed by atoms with Crippen LogP contribution in [0.15, 0.2) is 18.5 Å².